The molecule has 0 aromatic heterocycles. The molecule has 2 bridgehead atoms. The number of nitrogens with zero attached hydrogens (tertiary/aromatic N) is 2. The number of piperidine rings is 1. The first-order valence-electron chi connectivity index (χ1n) is 4.95. The van der Waals surface area contributed by atoms with Crippen molar-refractivity contribution in [1.82, 2.24) is 9.80 Å². The van der Waals surface area contributed by atoms with E-state index in [1.807, 2.05) is 0 Å². The molecule has 2 unspecified atom stereocenters. The average Bonchev–Trinajstić information content (AvgIpc) is 2.14. The van der Waals surface area contributed by atoms with Crippen molar-refractivity contribution in [3.05, 3.63) is 0 Å². The Bertz CT molecular complexity index is 148. The monoisotopic (exact) mass is 169 g/mol. The number of hydrogen-bond donors (Lipinski definition) is 1. The van der Waals surface area contributed by atoms with Gasteiger partial charge in [-0.05, 0) is 33.0 Å². The van der Waals surface area contributed by atoms with Crippen molar-refractivity contribution < 1.29 is 0 Å². The van der Waals surface area contributed by atoms with Crippen LogP contribution in [0, 0.1) is 0 Å². The summed E-state index contributed by atoms with van der Waals surface area (Å²) in [4.78, 5) is 5.07. The van der Waals surface area contributed by atoms with Crippen molar-refractivity contribution in [3.63, 3.8) is 0 Å². The van der Waals surface area contributed by atoms with Crippen molar-refractivity contribution in [2.75, 3.05) is 33.2 Å². The first-order chi connectivity index (χ1) is 5.81. The molecule has 0 saturated carbocycles. The van der Waals surface area contributed by atoms with Crippen LogP contribution in [0.2, 0.25) is 0 Å². The molecule has 70 valence electrons. The zero-order chi connectivity index (χ0) is 8.55. The maximum absolute atomic E-state index is 5.48. The van der Waals surface area contributed by atoms with Crippen LogP contribution in [0.3, 0.4) is 0 Å². The van der Waals surface area contributed by atoms with Crippen LogP contribution in [0.5, 0.6) is 0 Å². The Labute approximate surface area is 74.5 Å². The van der Waals surface area contributed by atoms with Crippen LogP contribution in [0.25, 0.3) is 0 Å². The molecule has 0 aromatic rings. The van der Waals surface area contributed by atoms with E-state index in [1.165, 1.54) is 26.1 Å². The van der Waals surface area contributed by atoms with E-state index in [1.54, 1.807) is 0 Å². The minimum Gasteiger partial charge on any atom is -0.330 e. The highest BCUT2D eigenvalue weighted by atomic mass is 15.3. The molecule has 0 radical (unpaired) electrons. The fourth-order valence-electron chi connectivity index (χ4n) is 2.38. The zero-order valence-electron chi connectivity index (χ0n) is 7.87. The second-order valence-electron chi connectivity index (χ2n) is 4.11. The molecule has 2 N–H and O–H groups in total. The van der Waals surface area contributed by atoms with Crippen molar-refractivity contribution in [2.45, 2.75) is 24.9 Å². The highest BCUT2D eigenvalue weighted by Crippen LogP contribution is 2.29. The summed E-state index contributed by atoms with van der Waals surface area (Å²) >= 11 is 0. The maximum atomic E-state index is 5.48. The highest BCUT2D eigenvalue weighted by Gasteiger charge is 2.41. The molecule has 0 aliphatic carbocycles. The molecule has 2 atom stereocenters. The van der Waals surface area contributed by atoms with Crippen LogP contribution in [-0.4, -0.2) is 55.1 Å². The summed E-state index contributed by atoms with van der Waals surface area (Å²) in [5.41, 5.74) is 5.48. The summed E-state index contributed by atoms with van der Waals surface area (Å²) in [5.74, 6) is 0. The standard InChI is InChI=1S/C9H19N3/c1-11-8-5-9(11)7-12(6-8)4-2-3-10/h8-9H,2-7,10H2,1H3. The summed E-state index contributed by atoms with van der Waals surface area (Å²) in [6.07, 6.45) is 2.58. The van der Waals surface area contributed by atoms with Crippen LogP contribution >= 0.6 is 0 Å². The summed E-state index contributed by atoms with van der Waals surface area (Å²) in [7, 11) is 2.25. The van der Waals surface area contributed by atoms with E-state index in [9.17, 15) is 0 Å². The predicted molar refractivity (Wildman–Crippen MR) is 50.1 cm³/mol. The number of likely N-dealkylation sites (N-methyl/N-ethyl adjacent to an activating group) is 1. The van der Waals surface area contributed by atoms with Crippen LogP contribution in [-0.2, 0) is 0 Å². The molecule has 3 aliphatic rings. The molecule has 0 aromatic carbocycles. The Morgan fingerprint density at radius 3 is 2.50 bits per heavy atom. The SMILES string of the molecule is CN1C2CC1CN(CCCN)C2. The number of nitrogens with two attached hydrogens (primary N) is 1. The van der Waals surface area contributed by atoms with Gasteiger partial charge in [-0.2, -0.15) is 0 Å². The van der Waals surface area contributed by atoms with Crippen molar-refractivity contribution in [1.29, 1.82) is 0 Å². The largest absolute Gasteiger partial charge is 0.330 e. The Kier molecular flexibility index (Phi) is 2.35. The molecule has 3 aliphatic heterocycles. The molecule has 3 saturated heterocycles. The smallest absolute Gasteiger partial charge is 0.0238 e. The normalized spacial score (nSPS) is 36.5. The van der Waals surface area contributed by atoms with Gasteiger partial charge < -0.3 is 10.6 Å². The lowest BCUT2D eigenvalue weighted by Gasteiger charge is -2.55. The summed E-state index contributed by atoms with van der Waals surface area (Å²) in [5, 5.41) is 0. The van der Waals surface area contributed by atoms with Crippen LogP contribution in [0.1, 0.15) is 12.8 Å². The molecule has 3 heteroatoms. The van der Waals surface area contributed by atoms with Gasteiger partial charge in [0.1, 0.15) is 0 Å². The quantitative estimate of drug-likeness (QED) is 0.631. The highest BCUT2D eigenvalue weighted by molar-refractivity contribution is 4.98. The van der Waals surface area contributed by atoms with E-state index in [0.717, 1.165) is 25.0 Å². The fraction of sp³-hybridized carbons (Fsp3) is 1.00. The second kappa shape index (κ2) is 3.32. The molecular formula is C9H19N3. The Morgan fingerprint density at radius 2 is 2.00 bits per heavy atom. The van der Waals surface area contributed by atoms with E-state index in [2.05, 4.69) is 16.8 Å². The predicted octanol–water partition coefficient (Wildman–Crippen LogP) is -0.276. The van der Waals surface area contributed by atoms with Gasteiger partial charge in [0.05, 0.1) is 0 Å². The molecule has 0 amide bonds. The van der Waals surface area contributed by atoms with Crippen molar-refractivity contribution >= 4 is 0 Å². The molecule has 3 nitrogen and oxygen atoms in total. The topological polar surface area (TPSA) is 32.5 Å². The molecule has 3 rings (SSSR count). The Balaban J connectivity index is 1.75. The Morgan fingerprint density at radius 1 is 1.33 bits per heavy atom. The van der Waals surface area contributed by atoms with E-state index in [4.69, 9.17) is 5.73 Å². The lowest BCUT2D eigenvalue weighted by Crippen LogP contribution is -2.67. The summed E-state index contributed by atoms with van der Waals surface area (Å²) in [6.45, 7) is 4.58. The van der Waals surface area contributed by atoms with E-state index in [-0.39, 0.29) is 0 Å². The van der Waals surface area contributed by atoms with Crippen molar-refractivity contribution in [2.24, 2.45) is 5.73 Å². The van der Waals surface area contributed by atoms with Gasteiger partial charge in [0, 0.05) is 25.2 Å². The number of fused-ring (bicyclic) bond motifs is 2. The summed E-state index contributed by atoms with van der Waals surface area (Å²) < 4.78 is 0. The molecule has 3 heterocycles. The minimum atomic E-state index is 0.835. The first kappa shape index (κ1) is 8.48. The lowest BCUT2D eigenvalue weighted by molar-refractivity contribution is -0.0501. The minimum absolute atomic E-state index is 0.835. The second-order valence-corrected chi connectivity index (χ2v) is 4.11. The lowest BCUT2D eigenvalue weighted by atomic mass is 9.88. The third-order valence-electron chi connectivity index (χ3n) is 3.31. The van der Waals surface area contributed by atoms with Gasteiger partial charge in [-0.1, -0.05) is 0 Å². The van der Waals surface area contributed by atoms with Gasteiger partial charge in [0.15, 0.2) is 0 Å². The van der Waals surface area contributed by atoms with Crippen LogP contribution in [0.4, 0.5) is 0 Å². The van der Waals surface area contributed by atoms with Crippen LogP contribution in [0.15, 0.2) is 0 Å². The molecule has 12 heavy (non-hydrogen) atoms. The molecule has 3 fully saturated rings. The maximum Gasteiger partial charge on any atom is 0.0238 e. The van der Waals surface area contributed by atoms with Gasteiger partial charge >= 0.3 is 0 Å². The molecular weight excluding hydrogens is 150 g/mol. The Hall–Kier alpha value is -0.120. The van der Waals surface area contributed by atoms with Crippen molar-refractivity contribution in [3.8, 4) is 0 Å². The average molecular weight is 169 g/mol. The first-order valence-corrected chi connectivity index (χ1v) is 4.95. The summed E-state index contributed by atoms with van der Waals surface area (Å²) in [6, 6.07) is 1.70. The number of piperazine rings is 1. The van der Waals surface area contributed by atoms with Crippen LogP contribution < -0.4 is 5.73 Å². The number of rotatable bonds is 3. The fourth-order valence-corrected chi connectivity index (χ4v) is 2.38. The molecule has 0 spiro atoms. The number of hydrogen-bond acceptors (Lipinski definition) is 3. The van der Waals surface area contributed by atoms with E-state index >= 15 is 0 Å². The van der Waals surface area contributed by atoms with Gasteiger partial charge in [0.25, 0.3) is 0 Å². The third kappa shape index (κ3) is 1.37. The van der Waals surface area contributed by atoms with E-state index in [0.29, 0.717) is 0 Å². The third-order valence-corrected chi connectivity index (χ3v) is 3.31. The van der Waals surface area contributed by atoms with Gasteiger partial charge in [-0.25, -0.2) is 0 Å². The van der Waals surface area contributed by atoms with E-state index < -0.39 is 0 Å². The van der Waals surface area contributed by atoms with Gasteiger partial charge in [-0.15, -0.1) is 0 Å². The van der Waals surface area contributed by atoms with Gasteiger partial charge in [0.2, 0.25) is 0 Å². The van der Waals surface area contributed by atoms with Gasteiger partial charge in [-0.3, -0.25) is 4.90 Å². The zero-order valence-corrected chi connectivity index (χ0v) is 7.87.